The second kappa shape index (κ2) is 6.84. The van der Waals surface area contributed by atoms with Gasteiger partial charge < -0.3 is 19.1 Å². The van der Waals surface area contributed by atoms with Crippen LogP contribution in [-0.4, -0.2) is 25.9 Å². The molecule has 0 unspecified atom stereocenters. The summed E-state index contributed by atoms with van der Waals surface area (Å²) in [6.07, 6.45) is -0.582. The summed E-state index contributed by atoms with van der Waals surface area (Å²) in [6, 6.07) is 3.28. The first-order chi connectivity index (χ1) is 9.80. The van der Waals surface area contributed by atoms with Crippen molar-refractivity contribution >= 4 is 11.8 Å². The number of anilines is 1. The van der Waals surface area contributed by atoms with Gasteiger partial charge in [0, 0.05) is 6.07 Å². The maximum Gasteiger partial charge on any atom is 0.412 e. The van der Waals surface area contributed by atoms with Gasteiger partial charge in [0.1, 0.15) is 5.60 Å². The number of hydrogen-bond acceptors (Lipinski definition) is 4. The number of methoxy groups -OCH3 is 2. The van der Waals surface area contributed by atoms with Crippen molar-refractivity contribution in [2.24, 2.45) is 0 Å². The van der Waals surface area contributed by atoms with E-state index in [0.29, 0.717) is 22.7 Å². The Hall–Kier alpha value is -2.42. The van der Waals surface area contributed by atoms with Crippen LogP contribution in [0.3, 0.4) is 0 Å². The van der Waals surface area contributed by atoms with Crippen LogP contribution in [0, 0.1) is 6.57 Å². The molecule has 6 heteroatoms. The zero-order valence-electron chi connectivity index (χ0n) is 12.9. The van der Waals surface area contributed by atoms with Gasteiger partial charge in [-0.2, -0.15) is 0 Å². The van der Waals surface area contributed by atoms with Crippen LogP contribution in [0.5, 0.6) is 11.5 Å². The van der Waals surface area contributed by atoms with Crippen molar-refractivity contribution in [2.75, 3.05) is 19.5 Å². The van der Waals surface area contributed by atoms with Crippen LogP contribution < -0.4 is 14.8 Å². The maximum atomic E-state index is 11.9. The highest BCUT2D eigenvalue weighted by Crippen LogP contribution is 2.34. The number of rotatable bonds is 4. The largest absolute Gasteiger partial charge is 0.493 e. The molecule has 6 nitrogen and oxygen atoms in total. The van der Waals surface area contributed by atoms with Crippen molar-refractivity contribution in [1.29, 1.82) is 0 Å². The zero-order chi connectivity index (χ0) is 16.0. The molecule has 1 aromatic rings. The molecule has 0 bridgehead atoms. The van der Waals surface area contributed by atoms with Crippen LogP contribution in [0.25, 0.3) is 4.85 Å². The Kier molecular flexibility index (Phi) is 5.42. The minimum absolute atomic E-state index is 0.117. The van der Waals surface area contributed by atoms with Crippen molar-refractivity contribution < 1.29 is 19.0 Å². The fourth-order valence-electron chi connectivity index (χ4n) is 1.67. The summed E-state index contributed by atoms with van der Waals surface area (Å²) in [5.74, 6) is 0.975. The van der Waals surface area contributed by atoms with E-state index in [-0.39, 0.29) is 6.54 Å². The average Bonchev–Trinajstić information content (AvgIpc) is 2.38. The Morgan fingerprint density at radius 3 is 2.29 bits per heavy atom. The molecule has 1 amide bonds. The van der Waals surface area contributed by atoms with Gasteiger partial charge in [0.25, 0.3) is 0 Å². The van der Waals surface area contributed by atoms with Crippen molar-refractivity contribution in [3.63, 3.8) is 0 Å². The Labute approximate surface area is 124 Å². The molecule has 114 valence electrons. The fraction of sp³-hybridized carbons (Fsp3) is 0.467. The van der Waals surface area contributed by atoms with Crippen LogP contribution >= 0.6 is 0 Å². The number of hydrogen-bond donors (Lipinski definition) is 1. The summed E-state index contributed by atoms with van der Waals surface area (Å²) in [6.45, 7) is 12.5. The summed E-state index contributed by atoms with van der Waals surface area (Å²) in [5.41, 5.74) is 0.507. The molecule has 0 saturated heterocycles. The minimum atomic E-state index is -0.597. The number of nitrogens with zero attached hydrogens (tertiary/aromatic N) is 1. The van der Waals surface area contributed by atoms with Crippen molar-refractivity contribution in [3.05, 3.63) is 29.1 Å². The number of nitrogens with one attached hydrogen (secondary N) is 1. The van der Waals surface area contributed by atoms with E-state index in [4.69, 9.17) is 20.8 Å². The lowest BCUT2D eigenvalue weighted by molar-refractivity contribution is 0.0636. The van der Waals surface area contributed by atoms with E-state index in [0.717, 1.165) is 0 Å². The SMILES string of the molecule is [C-]#[N+]Cc1cc(OC)c(OC)cc1NC(=O)OC(C)(C)C. The molecule has 0 atom stereocenters. The standard InChI is InChI=1S/C15H20N2O4/c1-15(2,3)21-14(18)17-11-8-13(20-6)12(19-5)7-10(11)9-16-4/h7-8H,9H2,1-3,5-6H3,(H,17,18). The second-order valence-corrected chi connectivity index (χ2v) is 5.31. The van der Waals surface area contributed by atoms with Gasteiger partial charge in [-0.3, -0.25) is 5.32 Å². The van der Waals surface area contributed by atoms with Crippen LogP contribution in [0.4, 0.5) is 10.5 Å². The molecular formula is C15H20N2O4. The van der Waals surface area contributed by atoms with Gasteiger partial charge in [0.05, 0.1) is 25.5 Å². The first-order valence-corrected chi connectivity index (χ1v) is 6.39. The van der Waals surface area contributed by atoms with E-state index >= 15 is 0 Å². The van der Waals surface area contributed by atoms with E-state index < -0.39 is 11.7 Å². The molecule has 1 rings (SSSR count). The number of benzene rings is 1. The van der Waals surface area contributed by atoms with Crippen LogP contribution in [0.15, 0.2) is 12.1 Å². The van der Waals surface area contributed by atoms with E-state index in [1.807, 2.05) is 0 Å². The zero-order valence-corrected chi connectivity index (χ0v) is 12.9. The predicted octanol–water partition coefficient (Wildman–Crippen LogP) is 3.47. The lowest BCUT2D eigenvalue weighted by atomic mass is 10.1. The van der Waals surface area contributed by atoms with Gasteiger partial charge in [-0.05, 0) is 26.8 Å². The fourth-order valence-corrected chi connectivity index (χ4v) is 1.67. The normalized spacial score (nSPS) is 10.5. The van der Waals surface area contributed by atoms with Gasteiger partial charge in [-0.25, -0.2) is 11.4 Å². The Morgan fingerprint density at radius 1 is 1.24 bits per heavy atom. The molecule has 0 saturated carbocycles. The molecule has 0 aromatic heterocycles. The lowest BCUT2D eigenvalue weighted by Crippen LogP contribution is -2.27. The van der Waals surface area contributed by atoms with Gasteiger partial charge in [-0.15, -0.1) is 0 Å². The van der Waals surface area contributed by atoms with E-state index in [1.54, 1.807) is 32.9 Å². The Bertz CT molecular complexity index is 556. The van der Waals surface area contributed by atoms with Gasteiger partial charge in [-0.1, -0.05) is 0 Å². The Morgan fingerprint density at radius 2 is 1.81 bits per heavy atom. The van der Waals surface area contributed by atoms with Crippen molar-refractivity contribution in [3.8, 4) is 11.5 Å². The Balaban J connectivity index is 3.09. The third-order valence-electron chi connectivity index (χ3n) is 2.49. The number of carbonyl (C=O) groups is 1. The highest BCUT2D eigenvalue weighted by Gasteiger charge is 2.19. The average molecular weight is 292 g/mol. The molecule has 21 heavy (non-hydrogen) atoms. The summed E-state index contributed by atoms with van der Waals surface area (Å²) in [5, 5.41) is 2.64. The molecule has 0 aliphatic carbocycles. The summed E-state index contributed by atoms with van der Waals surface area (Å²) >= 11 is 0. The monoisotopic (exact) mass is 292 g/mol. The molecule has 0 radical (unpaired) electrons. The number of ether oxygens (including phenoxy) is 3. The lowest BCUT2D eigenvalue weighted by Gasteiger charge is -2.20. The summed E-state index contributed by atoms with van der Waals surface area (Å²) in [4.78, 5) is 15.2. The quantitative estimate of drug-likeness (QED) is 0.863. The smallest absolute Gasteiger partial charge is 0.412 e. The first-order valence-electron chi connectivity index (χ1n) is 6.39. The first kappa shape index (κ1) is 16.6. The molecule has 0 heterocycles. The molecule has 1 N–H and O–H groups in total. The number of amides is 1. The highest BCUT2D eigenvalue weighted by atomic mass is 16.6. The molecule has 0 fully saturated rings. The van der Waals surface area contributed by atoms with E-state index in [1.165, 1.54) is 14.2 Å². The number of carbonyl (C=O) groups excluding carboxylic acids is 1. The summed E-state index contributed by atoms with van der Waals surface area (Å²) < 4.78 is 15.6. The molecule has 1 aromatic carbocycles. The highest BCUT2D eigenvalue weighted by molar-refractivity contribution is 5.86. The molecule has 0 spiro atoms. The summed E-state index contributed by atoms with van der Waals surface area (Å²) in [7, 11) is 3.02. The van der Waals surface area contributed by atoms with Gasteiger partial charge in [0.2, 0.25) is 6.54 Å². The maximum absolute atomic E-state index is 11.9. The topological polar surface area (TPSA) is 61.2 Å². The molecule has 0 aliphatic heterocycles. The van der Waals surface area contributed by atoms with Crippen LogP contribution in [0.2, 0.25) is 0 Å². The van der Waals surface area contributed by atoms with Crippen LogP contribution in [0.1, 0.15) is 26.3 Å². The predicted molar refractivity (Wildman–Crippen MR) is 79.7 cm³/mol. The van der Waals surface area contributed by atoms with Gasteiger partial charge >= 0.3 is 6.09 Å². The van der Waals surface area contributed by atoms with Crippen LogP contribution in [-0.2, 0) is 11.3 Å². The van der Waals surface area contributed by atoms with Gasteiger partial charge in [0.15, 0.2) is 11.5 Å². The molecular weight excluding hydrogens is 272 g/mol. The van der Waals surface area contributed by atoms with E-state index in [9.17, 15) is 4.79 Å². The van der Waals surface area contributed by atoms with Crippen molar-refractivity contribution in [1.82, 2.24) is 0 Å². The molecule has 0 aliphatic rings. The third kappa shape index (κ3) is 4.88. The third-order valence-corrected chi connectivity index (χ3v) is 2.49. The van der Waals surface area contributed by atoms with Crippen molar-refractivity contribution in [2.45, 2.75) is 32.9 Å². The minimum Gasteiger partial charge on any atom is -0.493 e. The van der Waals surface area contributed by atoms with E-state index in [2.05, 4.69) is 10.2 Å². The second-order valence-electron chi connectivity index (χ2n) is 5.31.